The first-order valence-electron chi connectivity index (χ1n) is 8.07. The lowest BCUT2D eigenvalue weighted by molar-refractivity contribution is -0.384. The summed E-state index contributed by atoms with van der Waals surface area (Å²) in [7, 11) is -3.13. The smallest absolute Gasteiger partial charge is 0.326 e. The number of non-ortho nitro benzene ring substituents is 1. The molecule has 0 heterocycles. The first-order chi connectivity index (χ1) is 13.6. The molecule has 0 radical (unpaired) electrons. The van der Waals surface area contributed by atoms with Crippen molar-refractivity contribution in [3.63, 3.8) is 0 Å². The third-order valence-corrected chi connectivity index (χ3v) is 6.19. The molecule has 9 nitrogen and oxygen atoms in total. The Kier molecular flexibility index (Phi) is 7.28. The van der Waals surface area contributed by atoms with Gasteiger partial charge >= 0.3 is 5.97 Å². The minimum absolute atomic E-state index is 0.00327. The third-order valence-electron chi connectivity index (χ3n) is 3.70. The van der Waals surface area contributed by atoms with E-state index in [0.29, 0.717) is 4.31 Å². The molecule has 0 aliphatic carbocycles. The predicted molar refractivity (Wildman–Crippen MR) is 107 cm³/mol. The van der Waals surface area contributed by atoms with E-state index in [1.54, 1.807) is 6.92 Å². The van der Waals surface area contributed by atoms with E-state index in [4.69, 9.17) is 32.7 Å². The Hall–Kier alpha value is -2.56. The van der Waals surface area contributed by atoms with Gasteiger partial charge in [0.1, 0.15) is 18.0 Å². The zero-order chi connectivity index (χ0) is 21.8. The Labute approximate surface area is 176 Å². The highest BCUT2D eigenvalue weighted by Crippen LogP contribution is 2.36. The summed E-state index contributed by atoms with van der Waals surface area (Å²) in [6.07, 6.45) is 0. The number of sulfonamides is 1. The van der Waals surface area contributed by atoms with Crippen LogP contribution in [0.3, 0.4) is 0 Å². The molecule has 0 bridgehead atoms. The van der Waals surface area contributed by atoms with Crippen LogP contribution in [0.4, 0.5) is 11.4 Å². The molecule has 29 heavy (non-hydrogen) atoms. The Bertz CT molecular complexity index is 1040. The van der Waals surface area contributed by atoms with Crippen molar-refractivity contribution in [2.24, 2.45) is 0 Å². The van der Waals surface area contributed by atoms with Crippen LogP contribution in [0, 0.1) is 10.1 Å². The molecule has 0 aromatic heterocycles. The maximum atomic E-state index is 13.3. The van der Waals surface area contributed by atoms with Gasteiger partial charge in [-0.25, -0.2) is 8.42 Å². The highest BCUT2D eigenvalue weighted by atomic mass is 35.5. The maximum Gasteiger partial charge on any atom is 0.326 e. The van der Waals surface area contributed by atoms with E-state index in [1.807, 2.05) is 0 Å². The van der Waals surface area contributed by atoms with Gasteiger partial charge in [-0.15, -0.1) is 0 Å². The average molecular weight is 463 g/mol. The van der Waals surface area contributed by atoms with E-state index < -0.39 is 27.5 Å². The molecular weight excluding hydrogens is 447 g/mol. The number of hydrogen-bond acceptors (Lipinski definition) is 7. The summed E-state index contributed by atoms with van der Waals surface area (Å²) < 4.78 is 37.2. The number of esters is 1. The fraction of sp³-hybridized carbons (Fsp3) is 0.235. The van der Waals surface area contributed by atoms with Crippen molar-refractivity contribution < 1.29 is 27.6 Å². The zero-order valence-electron chi connectivity index (χ0n) is 15.3. The van der Waals surface area contributed by atoms with Crippen molar-refractivity contribution in [3.05, 3.63) is 56.6 Å². The lowest BCUT2D eigenvalue weighted by atomic mass is 10.2. The van der Waals surface area contributed by atoms with E-state index in [0.717, 1.165) is 18.2 Å². The normalized spacial score (nSPS) is 11.0. The summed E-state index contributed by atoms with van der Waals surface area (Å²) in [6, 6.07) is 6.97. The fourth-order valence-electron chi connectivity index (χ4n) is 2.37. The van der Waals surface area contributed by atoms with E-state index in [1.165, 1.54) is 25.3 Å². The van der Waals surface area contributed by atoms with Crippen LogP contribution in [-0.4, -0.2) is 39.6 Å². The number of nitrogens with zero attached hydrogens (tertiary/aromatic N) is 2. The van der Waals surface area contributed by atoms with Crippen LogP contribution in [0.15, 0.2) is 41.3 Å². The molecule has 0 aliphatic heterocycles. The lowest BCUT2D eigenvalue weighted by Crippen LogP contribution is -2.37. The molecule has 2 rings (SSSR count). The Morgan fingerprint density at radius 1 is 1.17 bits per heavy atom. The molecule has 0 fully saturated rings. The molecule has 2 aromatic carbocycles. The standard InChI is InChI=1S/C17H16Cl2N2O7S/c1-3-28-17(22)10-20(15-8-11(21(23)24)4-7-16(15)27-2)29(25,26)12-5-6-13(18)14(19)9-12/h4-9H,3,10H2,1-2H3. The highest BCUT2D eigenvalue weighted by Gasteiger charge is 2.31. The maximum absolute atomic E-state index is 13.3. The van der Waals surface area contributed by atoms with Gasteiger partial charge in [-0.3, -0.25) is 19.2 Å². The molecule has 0 aliphatic rings. The SMILES string of the molecule is CCOC(=O)CN(c1cc([N+](=O)[O-])ccc1OC)S(=O)(=O)c1ccc(Cl)c(Cl)c1. The van der Waals surface area contributed by atoms with Gasteiger partial charge < -0.3 is 9.47 Å². The highest BCUT2D eigenvalue weighted by molar-refractivity contribution is 7.92. The first-order valence-corrected chi connectivity index (χ1v) is 10.3. The van der Waals surface area contributed by atoms with Crippen molar-refractivity contribution in [1.82, 2.24) is 0 Å². The fourth-order valence-corrected chi connectivity index (χ4v) is 4.18. The minimum atomic E-state index is -4.39. The van der Waals surface area contributed by atoms with Crippen LogP contribution >= 0.6 is 23.2 Å². The van der Waals surface area contributed by atoms with Gasteiger partial charge in [0.2, 0.25) is 0 Å². The van der Waals surface area contributed by atoms with Gasteiger partial charge in [0.15, 0.2) is 0 Å². The van der Waals surface area contributed by atoms with Gasteiger partial charge in [0.05, 0.1) is 33.6 Å². The van der Waals surface area contributed by atoms with Crippen molar-refractivity contribution in [2.45, 2.75) is 11.8 Å². The lowest BCUT2D eigenvalue weighted by Gasteiger charge is -2.25. The van der Waals surface area contributed by atoms with Gasteiger partial charge in [-0.05, 0) is 31.2 Å². The summed E-state index contributed by atoms with van der Waals surface area (Å²) >= 11 is 11.8. The van der Waals surface area contributed by atoms with E-state index in [9.17, 15) is 23.3 Å². The summed E-state index contributed by atoms with van der Waals surface area (Å²) in [5, 5.41) is 11.3. The number of methoxy groups -OCH3 is 1. The van der Waals surface area contributed by atoms with Gasteiger partial charge in [-0.1, -0.05) is 23.2 Å². The number of halogens is 2. The largest absolute Gasteiger partial charge is 0.495 e. The summed E-state index contributed by atoms with van der Waals surface area (Å²) in [5.41, 5.74) is -0.597. The van der Waals surface area contributed by atoms with Gasteiger partial charge in [0, 0.05) is 12.1 Å². The van der Waals surface area contributed by atoms with E-state index in [2.05, 4.69) is 0 Å². The summed E-state index contributed by atoms with van der Waals surface area (Å²) in [6.45, 7) is 0.836. The molecule has 0 unspecified atom stereocenters. The Morgan fingerprint density at radius 3 is 2.41 bits per heavy atom. The first kappa shape index (κ1) is 22.7. The molecule has 0 saturated heterocycles. The predicted octanol–water partition coefficient (Wildman–Crippen LogP) is 3.67. The van der Waals surface area contributed by atoms with Crippen LogP contribution in [0.2, 0.25) is 10.0 Å². The second-order valence-corrected chi connectivity index (χ2v) is 8.18. The Morgan fingerprint density at radius 2 is 1.86 bits per heavy atom. The third kappa shape index (κ3) is 5.08. The summed E-state index contributed by atoms with van der Waals surface area (Å²) in [4.78, 5) is 22.3. The molecule has 0 spiro atoms. The number of benzene rings is 2. The minimum Gasteiger partial charge on any atom is -0.495 e. The number of nitro benzene ring substituents is 1. The quantitative estimate of drug-likeness (QED) is 0.333. The number of anilines is 1. The van der Waals surface area contributed by atoms with Gasteiger partial charge in [0.25, 0.3) is 15.7 Å². The molecule has 2 aromatic rings. The number of ether oxygens (including phenoxy) is 2. The molecule has 0 N–H and O–H groups in total. The Balaban J connectivity index is 2.69. The summed E-state index contributed by atoms with van der Waals surface area (Å²) in [5.74, 6) is -0.853. The number of nitro groups is 1. The van der Waals surface area contributed by atoms with Crippen LogP contribution in [0.1, 0.15) is 6.92 Å². The van der Waals surface area contributed by atoms with Crippen molar-refractivity contribution in [3.8, 4) is 5.75 Å². The van der Waals surface area contributed by atoms with Gasteiger partial charge in [-0.2, -0.15) is 0 Å². The van der Waals surface area contributed by atoms with Crippen LogP contribution in [0.25, 0.3) is 0 Å². The zero-order valence-corrected chi connectivity index (χ0v) is 17.6. The van der Waals surface area contributed by atoms with E-state index in [-0.39, 0.29) is 38.7 Å². The van der Waals surface area contributed by atoms with Crippen LogP contribution in [-0.2, 0) is 19.6 Å². The van der Waals surface area contributed by atoms with Crippen LogP contribution < -0.4 is 9.04 Å². The van der Waals surface area contributed by atoms with Crippen molar-refractivity contribution in [1.29, 1.82) is 0 Å². The molecule has 0 atom stereocenters. The molecule has 156 valence electrons. The van der Waals surface area contributed by atoms with Crippen LogP contribution in [0.5, 0.6) is 5.75 Å². The molecule has 0 saturated carbocycles. The number of rotatable bonds is 8. The van der Waals surface area contributed by atoms with Crippen molar-refractivity contribution in [2.75, 3.05) is 24.6 Å². The second kappa shape index (κ2) is 9.29. The molecular formula is C17H16Cl2N2O7S. The number of carbonyl (C=O) groups excluding carboxylic acids is 1. The molecule has 12 heteroatoms. The van der Waals surface area contributed by atoms with Crippen molar-refractivity contribution >= 4 is 50.6 Å². The van der Waals surface area contributed by atoms with E-state index >= 15 is 0 Å². The second-order valence-electron chi connectivity index (χ2n) is 5.51. The average Bonchev–Trinajstić information content (AvgIpc) is 2.67. The number of carbonyl (C=O) groups is 1. The molecule has 0 amide bonds. The monoisotopic (exact) mass is 462 g/mol. The topological polar surface area (TPSA) is 116 Å². The number of hydrogen-bond donors (Lipinski definition) is 0.